The predicted octanol–water partition coefficient (Wildman–Crippen LogP) is 3.93. The number of carbonyl (C=O) groups excluding carboxylic acids is 1. The smallest absolute Gasteiger partial charge is 0.407 e. The summed E-state index contributed by atoms with van der Waals surface area (Å²) in [5.74, 6) is 0. The average Bonchev–Trinajstić information content (AvgIpc) is 2.60. The van der Waals surface area contributed by atoms with Crippen LogP contribution in [-0.4, -0.2) is 23.8 Å². The summed E-state index contributed by atoms with van der Waals surface area (Å²) in [5.41, 5.74) is 2.17. The lowest BCUT2D eigenvalue weighted by atomic mass is 10.0. The van der Waals surface area contributed by atoms with Crippen molar-refractivity contribution in [1.82, 2.24) is 5.32 Å². The molecule has 2 aromatic rings. The number of aryl methyl sites for hydroxylation is 1. The number of ether oxygens (including phenoxy) is 1. The Hall–Kier alpha value is -2.33. The zero-order valence-corrected chi connectivity index (χ0v) is 13.2. The van der Waals surface area contributed by atoms with Crippen molar-refractivity contribution in [2.45, 2.75) is 39.3 Å². The van der Waals surface area contributed by atoms with Gasteiger partial charge in [0.2, 0.25) is 0 Å². The van der Waals surface area contributed by atoms with Gasteiger partial charge in [-0.1, -0.05) is 68.1 Å². The minimum Gasteiger partial charge on any atom is -0.445 e. The maximum Gasteiger partial charge on any atom is 0.407 e. The van der Waals surface area contributed by atoms with Gasteiger partial charge in [0.15, 0.2) is 0 Å². The van der Waals surface area contributed by atoms with Gasteiger partial charge in [-0.3, -0.25) is 0 Å². The van der Waals surface area contributed by atoms with E-state index in [1.807, 2.05) is 48.5 Å². The predicted molar refractivity (Wildman–Crippen MR) is 96.7 cm³/mol. The van der Waals surface area contributed by atoms with Crippen molar-refractivity contribution in [2.75, 3.05) is 6.61 Å². The fourth-order valence-corrected chi connectivity index (χ4v) is 2.36. The first-order valence-corrected chi connectivity index (χ1v) is 7.90. The number of hydrogen-bond acceptors (Lipinski definition) is 3. The number of aliphatic hydroxyl groups is 1. The highest BCUT2D eigenvalue weighted by atomic mass is 16.5. The first kappa shape index (κ1) is 19.7. The van der Waals surface area contributed by atoms with E-state index in [2.05, 4.69) is 17.4 Å². The van der Waals surface area contributed by atoms with Gasteiger partial charge in [0, 0.05) is 12.6 Å². The Bertz CT molecular complexity index is 572. The molecule has 2 N–H and O–H groups in total. The van der Waals surface area contributed by atoms with Crippen molar-refractivity contribution in [1.29, 1.82) is 0 Å². The topological polar surface area (TPSA) is 58.6 Å². The van der Waals surface area contributed by atoms with E-state index in [1.165, 1.54) is 5.56 Å². The monoisotopic (exact) mass is 329 g/mol. The molecule has 0 fully saturated rings. The molecule has 24 heavy (non-hydrogen) atoms. The van der Waals surface area contributed by atoms with Crippen LogP contribution in [0.2, 0.25) is 0 Å². The molecule has 0 aliphatic carbocycles. The Kier molecular flexibility index (Phi) is 9.24. The summed E-state index contributed by atoms with van der Waals surface area (Å²) in [6.45, 7) is 0.287. The van der Waals surface area contributed by atoms with E-state index in [1.54, 1.807) is 0 Å². The first-order chi connectivity index (χ1) is 11.3. The number of alkyl carbamates (subject to hydrolysis) is 1. The molecule has 0 heterocycles. The Morgan fingerprint density at radius 3 is 2.12 bits per heavy atom. The van der Waals surface area contributed by atoms with Crippen LogP contribution in [0.25, 0.3) is 0 Å². The van der Waals surface area contributed by atoms with Gasteiger partial charge < -0.3 is 15.2 Å². The minimum atomic E-state index is -0.444. The third-order valence-electron chi connectivity index (χ3n) is 3.64. The Morgan fingerprint density at radius 2 is 1.54 bits per heavy atom. The molecule has 2 aromatic carbocycles. The van der Waals surface area contributed by atoms with Gasteiger partial charge in [-0.05, 0) is 30.4 Å². The first-order valence-electron chi connectivity index (χ1n) is 7.90. The number of amides is 1. The molecule has 0 aliphatic heterocycles. The molecule has 2 rings (SSSR count). The van der Waals surface area contributed by atoms with Gasteiger partial charge >= 0.3 is 6.09 Å². The molecular formula is C20H27NO3. The lowest BCUT2D eigenvalue weighted by molar-refractivity contribution is 0.132. The molecule has 0 saturated carbocycles. The summed E-state index contributed by atoms with van der Waals surface area (Å²) in [7, 11) is 0. The molecule has 0 spiro atoms. The van der Waals surface area contributed by atoms with Crippen molar-refractivity contribution in [2.24, 2.45) is 0 Å². The summed E-state index contributed by atoms with van der Waals surface area (Å²) in [5, 5.41) is 12.0. The van der Waals surface area contributed by atoms with E-state index >= 15 is 0 Å². The molecule has 1 unspecified atom stereocenters. The number of benzene rings is 2. The van der Waals surface area contributed by atoms with Crippen LogP contribution in [0.3, 0.4) is 0 Å². The van der Waals surface area contributed by atoms with Gasteiger partial charge in [0.05, 0.1) is 0 Å². The fourth-order valence-electron chi connectivity index (χ4n) is 2.36. The molecule has 4 heteroatoms. The third kappa shape index (κ3) is 7.29. The SMILES string of the molecule is C.O=C(NC(CCO)CCc1ccccc1)OCc1ccccc1. The van der Waals surface area contributed by atoms with E-state index in [-0.39, 0.29) is 26.7 Å². The number of aliphatic hydroxyl groups excluding tert-OH is 1. The molecule has 0 saturated heterocycles. The molecule has 0 bridgehead atoms. The largest absolute Gasteiger partial charge is 0.445 e. The molecule has 1 atom stereocenters. The molecule has 0 radical (unpaired) electrons. The summed E-state index contributed by atoms with van der Waals surface area (Å²) in [6.07, 6.45) is 1.70. The van der Waals surface area contributed by atoms with Gasteiger partial charge in [-0.25, -0.2) is 4.79 Å². The van der Waals surface area contributed by atoms with Gasteiger partial charge in [-0.15, -0.1) is 0 Å². The minimum absolute atomic E-state index is 0. The van der Waals surface area contributed by atoms with Crippen molar-refractivity contribution in [3.8, 4) is 0 Å². The van der Waals surface area contributed by atoms with Gasteiger partial charge in [0.25, 0.3) is 0 Å². The molecule has 130 valence electrons. The number of hydrogen-bond donors (Lipinski definition) is 2. The van der Waals surface area contributed by atoms with Crippen molar-refractivity contribution in [3.05, 3.63) is 71.8 Å². The summed E-state index contributed by atoms with van der Waals surface area (Å²) in [6, 6.07) is 19.6. The summed E-state index contributed by atoms with van der Waals surface area (Å²) < 4.78 is 5.23. The van der Waals surface area contributed by atoms with Crippen LogP contribution in [0.4, 0.5) is 4.79 Å². The summed E-state index contributed by atoms with van der Waals surface area (Å²) >= 11 is 0. The second-order valence-electron chi connectivity index (χ2n) is 5.44. The number of rotatable bonds is 8. The third-order valence-corrected chi connectivity index (χ3v) is 3.64. The Morgan fingerprint density at radius 1 is 0.958 bits per heavy atom. The van der Waals surface area contributed by atoms with Crippen LogP contribution in [-0.2, 0) is 17.8 Å². The molecule has 0 aliphatic rings. The van der Waals surface area contributed by atoms with E-state index in [0.29, 0.717) is 6.42 Å². The highest BCUT2D eigenvalue weighted by Crippen LogP contribution is 2.08. The Balaban J connectivity index is 0.00000288. The second kappa shape index (κ2) is 11.2. The number of nitrogens with one attached hydrogen (secondary N) is 1. The lowest BCUT2D eigenvalue weighted by Crippen LogP contribution is -2.36. The Labute approximate surface area is 144 Å². The van der Waals surface area contributed by atoms with E-state index in [9.17, 15) is 4.79 Å². The maximum atomic E-state index is 11.9. The van der Waals surface area contributed by atoms with Crippen molar-refractivity contribution >= 4 is 6.09 Å². The number of carbonyl (C=O) groups is 1. The molecule has 0 aromatic heterocycles. The second-order valence-corrected chi connectivity index (χ2v) is 5.44. The highest BCUT2D eigenvalue weighted by molar-refractivity contribution is 5.67. The molecule has 4 nitrogen and oxygen atoms in total. The summed E-state index contributed by atoms with van der Waals surface area (Å²) in [4.78, 5) is 11.9. The lowest BCUT2D eigenvalue weighted by Gasteiger charge is -2.17. The fraction of sp³-hybridized carbons (Fsp3) is 0.350. The standard InChI is InChI=1S/C19H23NO3.CH4/c21-14-13-18(12-11-16-7-3-1-4-8-16)20-19(22)23-15-17-9-5-2-6-10-17;/h1-10,18,21H,11-15H2,(H,20,22);1H4. The van der Waals surface area contributed by atoms with E-state index < -0.39 is 6.09 Å². The van der Waals surface area contributed by atoms with Crippen LogP contribution in [0.15, 0.2) is 60.7 Å². The van der Waals surface area contributed by atoms with Crippen LogP contribution < -0.4 is 5.32 Å². The van der Waals surface area contributed by atoms with E-state index in [4.69, 9.17) is 9.84 Å². The zero-order valence-electron chi connectivity index (χ0n) is 13.2. The van der Waals surface area contributed by atoms with Crippen LogP contribution in [0.1, 0.15) is 31.4 Å². The van der Waals surface area contributed by atoms with Crippen molar-refractivity contribution < 1.29 is 14.6 Å². The quantitative estimate of drug-likeness (QED) is 0.771. The average molecular weight is 329 g/mol. The normalized spacial score (nSPS) is 11.2. The highest BCUT2D eigenvalue weighted by Gasteiger charge is 2.13. The van der Waals surface area contributed by atoms with Crippen molar-refractivity contribution in [3.63, 3.8) is 0 Å². The zero-order chi connectivity index (χ0) is 16.3. The van der Waals surface area contributed by atoms with Gasteiger partial charge in [0.1, 0.15) is 6.61 Å². The molecular weight excluding hydrogens is 302 g/mol. The maximum absolute atomic E-state index is 11.9. The molecule has 1 amide bonds. The van der Waals surface area contributed by atoms with Crippen LogP contribution in [0.5, 0.6) is 0 Å². The van der Waals surface area contributed by atoms with Gasteiger partial charge in [-0.2, -0.15) is 0 Å². The van der Waals surface area contributed by atoms with Crippen LogP contribution >= 0.6 is 0 Å². The van der Waals surface area contributed by atoms with E-state index in [0.717, 1.165) is 18.4 Å². The van der Waals surface area contributed by atoms with Crippen LogP contribution in [0, 0.1) is 0 Å².